The van der Waals surface area contributed by atoms with E-state index in [2.05, 4.69) is 225 Å². The zero-order valence-corrected chi connectivity index (χ0v) is 40.1. The Kier molecular flexibility index (Phi) is 16.4. The van der Waals surface area contributed by atoms with Gasteiger partial charge >= 0.3 is 128 Å². The average molecular weight is 983 g/mol. The Morgan fingerprint density at radius 1 is 0.571 bits per heavy atom. The Hall–Kier alpha value is -3.04. The van der Waals surface area contributed by atoms with Crippen molar-refractivity contribution in [2.75, 3.05) is 0 Å². The largest absolute Gasteiger partial charge is 0.273 e. The van der Waals surface area contributed by atoms with Gasteiger partial charge in [0.1, 0.15) is 0 Å². The van der Waals surface area contributed by atoms with Crippen LogP contribution in [0.2, 0.25) is 0 Å². The Bertz CT molecular complexity index is 2260. The van der Waals surface area contributed by atoms with E-state index < -0.39 is 0 Å². The molecule has 0 amide bonds. The minimum absolute atomic E-state index is 0. The summed E-state index contributed by atoms with van der Waals surface area (Å²) in [7, 11) is 0. The van der Waals surface area contributed by atoms with Crippen LogP contribution in [0.3, 0.4) is 0 Å². The van der Waals surface area contributed by atoms with Crippen LogP contribution in [0.4, 0.5) is 0 Å². The van der Waals surface area contributed by atoms with Crippen molar-refractivity contribution < 1.29 is 24.2 Å². The molecule has 1 aliphatic carbocycles. The number of allylic oxidation sites excluding steroid dienone is 4. The fourth-order valence-corrected chi connectivity index (χ4v) is 8.15. The maximum Gasteiger partial charge on any atom is -0.0139 e. The van der Waals surface area contributed by atoms with Crippen LogP contribution in [0.5, 0.6) is 0 Å². The summed E-state index contributed by atoms with van der Waals surface area (Å²) in [6, 6.07) is 50.6. The molecule has 0 nitrogen and oxygen atoms in total. The topological polar surface area (TPSA) is 0 Å². The first-order valence-electron chi connectivity index (χ1n) is 18.4. The van der Waals surface area contributed by atoms with Crippen molar-refractivity contribution in [3.63, 3.8) is 0 Å². The monoisotopic (exact) mass is 978 g/mol. The first-order chi connectivity index (χ1) is 25.8. The summed E-state index contributed by atoms with van der Waals surface area (Å²) < 4.78 is 3.62. The Balaban J connectivity index is 0.000000252. The summed E-state index contributed by atoms with van der Waals surface area (Å²) in [4.78, 5) is 0. The molecule has 7 aromatic carbocycles. The van der Waals surface area contributed by atoms with Gasteiger partial charge in [-0.05, 0) is 44.2 Å². The second kappa shape index (κ2) is 20.1. The number of halogens is 4. The van der Waals surface area contributed by atoms with Gasteiger partial charge in [-0.25, -0.2) is 12.2 Å². The standard InChI is InChI=1S/C33H33.C13H8Br2.C5H5.2ClH.Zr/c1-32(2,3)30-20-26-24(18-28(30)22-13-9-7-10-14-22)17-25-19-29(23-15-11-8-12-16-23)31(21-27(25)26)33(4,5)6;14-12-5-1-10(2-6-12)9-11-3-7-13(15)8-4-11;1-2-4-5-3-1;;;/h7-21H,1-6H3;1-8H;1-3H,4H2;2*1H;/q-1;;-1;;;+2. The van der Waals surface area contributed by atoms with Gasteiger partial charge in [0.05, 0.1) is 0 Å². The van der Waals surface area contributed by atoms with Gasteiger partial charge < -0.3 is 0 Å². The molecular formula is C51H48Br2Cl2Zr. The third-order valence-electron chi connectivity index (χ3n) is 9.62. The van der Waals surface area contributed by atoms with Gasteiger partial charge in [0.25, 0.3) is 0 Å². The normalized spacial score (nSPS) is 11.9. The van der Waals surface area contributed by atoms with Crippen molar-refractivity contribution in [2.24, 2.45) is 0 Å². The molecule has 284 valence electrons. The third kappa shape index (κ3) is 11.3. The van der Waals surface area contributed by atoms with Crippen molar-refractivity contribution in [3.05, 3.63) is 195 Å². The molecule has 0 atom stereocenters. The minimum Gasteiger partial charge on any atom is -0.273 e. The molecule has 8 rings (SSSR count). The van der Waals surface area contributed by atoms with E-state index in [1.54, 1.807) is 0 Å². The van der Waals surface area contributed by atoms with Crippen LogP contribution in [-0.4, -0.2) is 3.21 Å². The molecule has 5 heteroatoms. The molecule has 0 spiro atoms. The molecule has 0 aromatic heterocycles. The van der Waals surface area contributed by atoms with E-state index in [-0.39, 0.29) is 35.6 Å². The molecule has 1 aliphatic rings. The number of rotatable bonds is 4. The van der Waals surface area contributed by atoms with Crippen LogP contribution in [-0.2, 0) is 35.1 Å². The van der Waals surface area contributed by atoms with Crippen molar-refractivity contribution >= 4 is 81.4 Å². The summed E-state index contributed by atoms with van der Waals surface area (Å²) in [5, 5.41) is 5.36. The first-order valence-corrected chi connectivity index (χ1v) is 21.3. The molecule has 0 heterocycles. The van der Waals surface area contributed by atoms with Crippen LogP contribution in [0.15, 0.2) is 167 Å². The summed E-state index contributed by atoms with van der Waals surface area (Å²) in [6.45, 7) is 13.9. The predicted molar refractivity (Wildman–Crippen MR) is 253 cm³/mol. The molecular weight excluding hydrogens is 934 g/mol. The van der Waals surface area contributed by atoms with Gasteiger partial charge in [0.2, 0.25) is 0 Å². The molecule has 0 saturated carbocycles. The molecule has 0 unspecified atom stereocenters. The summed E-state index contributed by atoms with van der Waals surface area (Å²) in [5.41, 5.74) is 10.8. The van der Waals surface area contributed by atoms with E-state index in [9.17, 15) is 0 Å². The van der Waals surface area contributed by atoms with Gasteiger partial charge in [-0.15, -0.1) is 71.0 Å². The molecule has 7 aromatic rings. The zero-order chi connectivity index (χ0) is 38.5. The molecule has 56 heavy (non-hydrogen) atoms. The van der Waals surface area contributed by atoms with Crippen LogP contribution in [0.1, 0.15) is 70.2 Å². The quantitative estimate of drug-likeness (QED) is 0.154. The fourth-order valence-electron chi connectivity index (χ4n) is 6.80. The van der Waals surface area contributed by atoms with E-state index in [1.165, 1.54) is 93.5 Å². The van der Waals surface area contributed by atoms with Gasteiger partial charge in [-0.1, -0.05) is 114 Å². The summed E-state index contributed by atoms with van der Waals surface area (Å²) in [6.07, 6.45) is 10.0. The van der Waals surface area contributed by atoms with Gasteiger partial charge in [-0.3, -0.25) is 6.08 Å². The van der Waals surface area contributed by atoms with E-state index >= 15 is 0 Å². The van der Waals surface area contributed by atoms with Crippen molar-refractivity contribution in [3.8, 4) is 22.3 Å². The van der Waals surface area contributed by atoms with Gasteiger partial charge in [0, 0.05) is 0 Å². The fraction of sp³-hybridized carbons (Fsp3) is 0.176. The van der Waals surface area contributed by atoms with Gasteiger partial charge in [-0.2, -0.15) is 6.08 Å². The molecule has 0 bridgehead atoms. The molecule has 0 saturated heterocycles. The maximum atomic E-state index is 3.45. The Morgan fingerprint density at radius 2 is 0.964 bits per heavy atom. The second-order valence-corrected chi connectivity index (χ2v) is 18.8. The smallest absolute Gasteiger partial charge is 0.0139 e. The second-order valence-electron chi connectivity index (χ2n) is 15.7. The Morgan fingerprint density at radius 3 is 1.27 bits per heavy atom. The number of hydrogen-bond donors (Lipinski definition) is 0. The third-order valence-corrected chi connectivity index (χ3v) is 12.1. The molecule has 0 radical (unpaired) electrons. The number of benzene rings is 6. The SMILES string of the molecule is Brc1ccc([C](=[Zr+2])c2ccc(Br)cc2)cc1.CC(C)(C)c1cc2c(cc1-c1ccccc1)[cH-]c1cc(-c3ccccc3)c(C(C)(C)C)cc12.Cl.Cl.[C-]1=CC=CC1. The number of fused-ring (bicyclic) bond motifs is 3. The first kappa shape index (κ1) is 45.7. The van der Waals surface area contributed by atoms with E-state index in [1.807, 2.05) is 12.2 Å². The van der Waals surface area contributed by atoms with Crippen LogP contribution >= 0.6 is 56.7 Å². The molecule has 0 N–H and O–H groups in total. The summed E-state index contributed by atoms with van der Waals surface area (Å²) >= 11 is 8.34. The van der Waals surface area contributed by atoms with Crippen LogP contribution < -0.4 is 0 Å². The van der Waals surface area contributed by atoms with Crippen LogP contribution in [0, 0.1) is 6.08 Å². The molecule has 0 aliphatic heterocycles. The van der Waals surface area contributed by atoms with Crippen molar-refractivity contribution in [2.45, 2.75) is 58.8 Å². The van der Waals surface area contributed by atoms with Crippen molar-refractivity contribution in [1.82, 2.24) is 0 Å². The van der Waals surface area contributed by atoms with Crippen LogP contribution in [0.25, 0.3) is 43.8 Å². The van der Waals surface area contributed by atoms with Crippen molar-refractivity contribution in [1.29, 1.82) is 0 Å². The predicted octanol–water partition coefficient (Wildman–Crippen LogP) is 16.1. The Labute approximate surface area is 378 Å². The zero-order valence-electron chi connectivity index (χ0n) is 32.8. The minimum atomic E-state index is 0. The maximum absolute atomic E-state index is 3.45. The number of hydrogen-bond acceptors (Lipinski definition) is 0. The van der Waals surface area contributed by atoms with Gasteiger partial charge in [0.15, 0.2) is 0 Å². The summed E-state index contributed by atoms with van der Waals surface area (Å²) in [5.74, 6) is 0. The average Bonchev–Trinajstić information content (AvgIpc) is 3.86. The van der Waals surface area contributed by atoms with E-state index in [0.717, 1.165) is 15.4 Å². The van der Waals surface area contributed by atoms with E-state index in [0.29, 0.717) is 0 Å². The molecule has 0 fully saturated rings. The van der Waals surface area contributed by atoms with E-state index in [4.69, 9.17) is 0 Å².